The van der Waals surface area contributed by atoms with Crippen molar-refractivity contribution in [2.45, 2.75) is 0 Å². The molecule has 3 N–H and O–H groups in total. The van der Waals surface area contributed by atoms with Gasteiger partial charge in [0.2, 0.25) is 0 Å². The number of anilines is 1. The molecule has 0 aliphatic carbocycles. The second-order valence-electron chi connectivity index (χ2n) is 4.67. The maximum Gasteiger partial charge on any atom is 0.259 e. The van der Waals surface area contributed by atoms with Crippen molar-refractivity contribution >= 4 is 41.0 Å². The number of para-hydroxylation sites is 2. The Morgan fingerprint density at radius 1 is 1.33 bits per heavy atom. The Labute approximate surface area is 149 Å². The van der Waals surface area contributed by atoms with E-state index in [4.69, 9.17) is 27.9 Å². The van der Waals surface area contributed by atoms with Crippen molar-refractivity contribution in [3.8, 4) is 11.5 Å². The lowest BCUT2D eigenvalue weighted by Crippen LogP contribution is -2.26. The van der Waals surface area contributed by atoms with Gasteiger partial charge in [0.25, 0.3) is 5.91 Å². The smallest absolute Gasteiger partial charge is 0.259 e. The molecule has 0 fully saturated rings. The van der Waals surface area contributed by atoms with Gasteiger partial charge in [0.15, 0.2) is 0 Å². The summed E-state index contributed by atoms with van der Waals surface area (Å²) >= 11 is 11.6. The monoisotopic (exact) mass is 367 g/mol. The third-order valence-corrected chi connectivity index (χ3v) is 3.50. The number of ether oxygens (including phenoxy) is 1. The van der Waals surface area contributed by atoms with E-state index in [1.54, 1.807) is 19.2 Å². The van der Waals surface area contributed by atoms with E-state index in [0.717, 1.165) is 0 Å². The molecule has 0 saturated carbocycles. The van der Waals surface area contributed by atoms with Gasteiger partial charge in [-0.3, -0.25) is 4.79 Å². The third kappa shape index (κ3) is 4.78. The second kappa shape index (κ2) is 8.42. The Bertz CT molecular complexity index is 766. The highest BCUT2D eigenvalue weighted by Gasteiger charge is 2.07. The van der Waals surface area contributed by atoms with E-state index >= 15 is 0 Å². The molecule has 8 heteroatoms. The number of nitrogens with zero attached hydrogens (tertiary/aromatic N) is 1. The molecule has 0 aromatic heterocycles. The molecule has 0 aliphatic rings. The molecule has 126 valence electrons. The topological polar surface area (TPSA) is 83.0 Å². The summed E-state index contributed by atoms with van der Waals surface area (Å²) in [6.07, 6.45) is 1.26. The highest BCUT2D eigenvalue weighted by atomic mass is 35.5. The molecule has 0 atom stereocenters. The summed E-state index contributed by atoms with van der Waals surface area (Å²) in [7, 11) is 1.55. The zero-order valence-corrected chi connectivity index (χ0v) is 14.2. The fourth-order valence-corrected chi connectivity index (χ4v) is 2.37. The van der Waals surface area contributed by atoms with Crippen molar-refractivity contribution in [3.63, 3.8) is 0 Å². The SMILES string of the molecule is COc1ccccc1NCC(=O)NN=Cc1cc(Cl)cc(Cl)c1O. The van der Waals surface area contributed by atoms with Crippen molar-refractivity contribution in [2.24, 2.45) is 5.10 Å². The average Bonchev–Trinajstić information content (AvgIpc) is 2.57. The van der Waals surface area contributed by atoms with Gasteiger partial charge >= 0.3 is 0 Å². The van der Waals surface area contributed by atoms with E-state index in [9.17, 15) is 9.90 Å². The first-order valence-corrected chi connectivity index (χ1v) is 7.63. The van der Waals surface area contributed by atoms with Crippen LogP contribution in [0.5, 0.6) is 11.5 Å². The number of benzene rings is 2. The van der Waals surface area contributed by atoms with Crippen LogP contribution in [0.15, 0.2) is 41.5 Å². The highest BCUT2D eigenvalue weighted by Crippen LogP contribution is 2.29. The summed E-state index contributed by atoms with van der Waals surface area (Å²) in [4.78, 5) is 11.8. The Balaban J connectivity index is 1.92. The zero-order valence-electron chi connectivity index (χ0n) is 12.7. The van der Waals surface area contributed by atoms with Crippen molar-refractivity contribution < 1.29 is 14.6 Å². The highest BCUT2D eigenvalue weighted by molar-refractivity contribution is 6.36. The first kappa shape index (κ1) is 17.9. The molecule has 1 amide bonds. The van der Waals surface area contributed by atoms with Crippen LogP contribution in [0.1, 0.15) is 5.56 Å². The fourth-order valence-electron chi connectivity index (χ4n) is 1.86. The van der Waals surface area contributed by atoms with E-state index < -0.39 is 0 Å². The van der Waals surface area contributed by atoms with Gasteiger partial charge in [-0.15, -0.1) is 0 Å². The fraction of sp³-hybridized carbons (Fsp3) is 0.125. The number of aromatic hydroxyl groups is 1. The normalized spacial score (nSPS) is 10.6. The van der Waals surface area contributed by atoms with Crippen molar-refractivity contribution in [3.05, 3.63) is 52.0 Å². The van der Waals surface area contributed by atoms with Crippen LogP contribution in [0.2, 0.25) is 10.0 Å². The van der Waals surface area contributed by atoms with Gasteiger partial charge in [-0.1, -0.05) is 35.3 Å². The van der Waals surface area contributed by atoms with E-state index in [1.807, 2.05) is 12.1 Å². The maximum absolute atomic E-state index is 11.8. The number of hydrogen-bond donors (Lipinski definition) is 3. The van der Waals surface area contributed by atoms with Crippen molar-refractivity contribution in [1.82, 2.24) is 5.43 Å². The largest absolute Gasteiger partial charge is 0.506 e. The van der Waals surface area contributed by atoms with Crippen LogP contribution in [0, 0.1) is 0 Å². The van der Waals surface area contributed by atoms with Gasteiger partial charge in [0.1, 0.15) is 11.5 Å². The number of amides is 1. The molecule has 0 aliphatic heterocycles. The number of carbonyl (C=O) groups excluding carboxylic acids is 1. The van der Waals surface area contributed by atoms with Gasteiger partial charge in [0.05, 0.1) is 30.6 Å². The minimum absolute atomic E-state index is 0.00000248. The van der Waals surface area contributed by atoms with Gasteiger partial charge in [-0.2, -0.15) is 5.10 Å². The van der Waals surface area contributed by atoms with Crippen molar-refractivity contribution in [1.29, 1.82) is 0 Å². The molecule has 2 rings (SSSR count). The maximum atomic E-state index is 11.8. The van der Waals surface area contributed by atoms with Gasteiger partial charge in [-0.25, -0.2) is 5.43 Å². The van der Waals surface area contributed by atoms with E-state index in [1.165, 1.54) is 18.3 Å². The number of phenolic OH excluding ortho intramolecular Hbond substituents is 1. The van der Waals surface area contributed by atoms with Gasteiger partial charge in [0, 0.05) is 10.6 Å². The second-order valence-corrected chi connectivity index (χ2v) is 5.52. The van der Waals surface area contributed by atoms with Gasteiger partial charge in [-0.05, 0) is 24.3 Å². The molecule has 2 aromatic carbocycles. The minimum atomic E-state index is -0.371. The predicted molar refractivity (Wildman–Crippen MR) is 95.3 cm³/mol. The van der Waals surface area contributed by atoms with Crippen LogP contribution in [0.3, 0.4) is 0 Å². The van der Waals surface area contributed by atoms with Crippen LogP contribution in [-0.4, -0.2) is 30.9 Å². The molecule has 0 spiro atoms. The number of methoxy groups -OCH3 is 1. The Hall–Kier alpha value is -2.44. The Kier molecular flexibility index (Phi) is 6.28. The first-order chi connectivity index (χ1) is 11.5. The molecule has 0 unspecified atom stereocenters. The van der Waals surface area contributed by atoms with Crippen LogP contribution < -0.4 is 15.5 Å². The number of phenols is 1. The Morgan fingerprint density at radius 2 is 2.08 bits per heavy atom. The number of nitrogens with one attached hydrogen (secondary N) is 2. The van der Waals surface area contributed by atoms with Crippen LogP contribution >= 0.6 is 23.2 Å². The lowest BCUT2D eigenvalue weighted by atomic mass is 10.2. The number of carbonyl (C=O) groups is 1. The average molecular weight is 368 g/mol. The molecule has 0 radical (unpaired) electrons. The standard InChI is InChI=1S/C16H15Cl2N3O3/c1-24-14-5-3-2-4-13(14)19-9-15(22)21-20-8-10-6-11(17)7-12(18)16(10)23/h2-8,19,23H,9H2,1H3,(H,21,22). The molecular weight excluding hydrogens is 353 g/mol. The lowest BCUT2D eigenvalue weighted by molar-refractivity contribution is -0.119. The Morgan fingerprint density at radius 3 is 2.83 bits per heavy atom. The predicted octanol–water partition coefficient (Wildman–Crippen LogP) is 3.27. The molecule has 6 nitrogen and oxygen atoms in total. The van der Waals surface area contributed by atoms with E-state index in [-0.39, 0.29) is 23.2 Å². The van der Waals surface area contributed by atoms with Crippen LogP contribution in [-0.2, 0) is 4.79 Å². The molecule has 0 bridgehead atoms. The quantitative estimate of drug-likeness (QED) is 0.540. The number of hydrogen-bond acceptors (Lipinski definition) is 5. The van der Waals surface area contributed by atoms with Crippen LogP contribution in [0.25, 0.3) is 0 Å². The summed E-state index contributed by atoms with van der Waals surface area (Å²) in [6.45, 7) is -0.00000248. The summed E-state index contributed by atoms with van der Waals surface area (Å²) in [6, 6.07) is 10.1. The van der Waals surface area contributed by atoms with Crippen LogP contribution in [0.4, 0.5) is 5.69 Å². The number of hydrazone groups is 1. The first-order valence-electron chi connectivity index (χ1n) is 6.88. The number of rotatable bonds is 6. The van der Waals surface area contributed by atoms with Crippen molar-refractivity contribution in [2.75, 3.05) is 19.0 Å². The van der Waals surface area contributed by atoms with E-state index in [2.05, 4.69) is 15.8 Å². The summed E-state index contributed by atoms with van der Waals surface area (Å²) in [5.74, 6) is 0.100. The molecule has 0 saturated heterocycles. The third-order valence-electron chi connectivity index (χ3n) is 3.00. The van der Waals surface area contributed by atoms with Gasteiger partial charge < -0.3 is 15.2 Å². The molecule has 2 aromatic rings. The molecular formula is C16H15Cl2N3O3. The lowest BCUT2D eigenvalue weighted by Gasteiger charge is -2.09. The summed E-state index contributed by atoms with van der Waals surface area (Å²) in [5, 5.41) is 16.9. The molecule has 0 heterocycles. The summed E-state index contributed by atoms with van der Waals surface area (Å²) < 4.78 is 5.18. The zero-order chi connectivity index (χ0) is 17.5. The minimum Gasteiger partial charge on any atom is -0.506 e. The van der Waals surface area contributed by atoms with E-state index in [0.29, 0.717) is 22.0 Å². The summed E-state index contributed by atoms with van der Waals surface area (Å²) in [5.41, 5.74) is 3.32. The number of halogens is 2. The molecule has 24 heavy (non-hydrogen) atoms.